The highest BCUT2D eigenvalue weighted by Gasteiger charge is 2.05. The fraction of sp³-hybridized carbons (Fsp3) is 0.867. The SMILES string of the molecule is CCC(CC=CCCC(C)N)CCC(C)C. The summed E-state index contributed by atoms with van der Waals surface area (Å²) in [6.07, 6.45) is 12.2. The lowest BCUT2D eigenvalue weighted by Gasteiger charge is -2.13. The molecule has 0 heterocycles. The van der Waals surface area contributed by atoms with Gasteiger partial charge in [-0.05, 0) is 44.4 Å². The van der Waals surface area contributed by atoms with Gasteiger partial charge in [0.1, 0.15) is 0 Å². The molecular formula is C15H31N. The van der Waals surface area contributed by atoms with Gasteiger partial charge in [-0.2, -0.15) is 0 Å². The summed E-state index contributed by atoms with van der Waals surface area (Å²) in [6.45, 7) is 9.00. The first-order valence-corrected chi connectivity index (χ1v) is 6.96. The van der Waals surface area contributed by atoms with Crippen LogP contribution in [0.4, 0.5) is 0 Å². The first-order valence-electron chi connectivity index (χ1n) is 6.96. The third kappa shape index (κ3) is 10.2. The zero-order valence-corrected chi connectivity index (χ0v) is 11.7. The zero-order valence-electron chi connectivity index (χ0n) is 11.7. The van der Waals surface area contributed by atoms with E-state index in [0.717, 1.165) is 24.7 Å². The van der Waals surface area contributed by atoms with Crippen molar-refractivity contribution in [3.63, 3.8) is 0 Å². The Hall–Kier alpha value is -0.300. The minimum atomic E-state index is 0.340. The summed E-state index contributed by atoms with van der Waals surface area (Å²) in [6, 6.07) is 0.340. The molecule has 0 amide bonds. The molecule has 0 saturated heterocycles. The topological polar surface area (TPSA) is 26.0 Å². The Balaban J connectivity index is 3.61. The second-order valence-corrected chi connectivity index (χ2v) is 5.51. The van der Waals surface area contributed by atoms with Gasteiger partial charge in [-0.25, -0.2) is 0 Å². The summed E-state index contributed by atoms with van der Waals surface area (Å²) in [5.74, 6) is 1.73. The number of rotatable bonds is 9. The highest BCUT2D eigenvalue weighted by Crippen LogP contribution is 2.19. The van der Waals surface area contributed by atoms with Crippen molar-refractivity contribution in [2.75, 3.05) is 0 Å². The van der Waals surface area contributed by atoms with Crippen LogP contribution in [0.2, 0.25) is 0 Å². The largest absolute Gasteiger partial charge is 0.328 e. The molecule has 0 saturated carbocycles. The van der Waals surface area contributed by atoms with E-state index in [1.54, 1.807) is 0 Å². The fourth-order valence-corrected chi connectivity index (χ4v) is 1.82. The highest BCUT2D eigenvalue weighted by molar-refractivity contribution is 4.84. The second-order valence-electron chi connectivity index (χ2n) is 5.51. The summed E-state index contributed by atoms with van der Waals surface area (Å²) in [7, 11) is 0. The maximum atomic E-state index is 5.71. The number of hydrogen-bond acceptors (Lipinski definition) is 1. The zero-order chi connectivity index (χ0) is 12.4. The number of nitrogens with two attached hydrogens (primary N) is 1. The van der Waals surface area contributed by atoms with E-state index in [2.05, 4.69) is 39.8 Å². The standard InChI is InChI=1S/C15H31N/c1-5-15(12-11-13(2)3)10-8-6-7-9-14(4)16/h6,8,13-15H,5,7,9-12,16H2,1-4H3. The second kappa shape index (κ2) is 9.89. The van der Waals surface area contributed by atoms with Crippen LogP contribution < -0.4 is 5.73 Å². The molecule has 1 heteroatoms. The summed E-state index contributed by atoms with van der Waals surface area (Å²) in [4.78, 5) is 0. The van der Waals surface area contributed by atoms with Gasteiger partial charge in [-0.15, -0.1) is 0 Å². The molecule has 0 radical (unpaired) electrons. The van der Waals surface area contributed by atoms with Crippen molar-refractivity contribution in [2.45, 2.75) is 72.3 Å². The van der Waals surface area contributed by atoms with Crippen molar-refractivity contribution in [1.82, 2.24) is 0 Å². The lowest BCUT2D eigenvalue weighted by molar-refractivity contribution is 0.416. The quantitative estimate of drug-likeness (QED) is 0.574. The molecule has 2 unspecified atom stereocenters. The van der Waals surface area contributed by atoms with Crippen LogP contribution in [0.5, 0.6) is 0 Å². The van der Waals surface area contributed by atoms with Gasteiger partial charge in [-0.3, -0.25) is 0 Å². The Bertz CT molecular complexity index is 170. The molecule has 16 heavy (non-hydrogen) atoms. The van der Waals surface area contributed by atoms with Gasteiger partial charge in [0.2, 0.25) is 0 Å². The van der Waals surface area contributed by atoms with Gasteiger partial charge < -0.3 is 5.73 Å². The molecule has 0 aliphatic heterocycles. The number of hydrogen-bond donors (Lipinski definition) is 1. The molecule has 2 N–H and O–H groups in total. The lowest BCUT2D eigenvalue weighted by atomic mass is 9.93. The van der Waals surface area contributed by atoms with E-state index < -0.39 is 0 Å². The molecular weight excluding hydrogens is 194 g/mol. The predicted octanol–water partition coefficient (Wildman–Crippen LogP) is 4.52. The van der Waals surface area contributed by atoms with Crippen LogP contribution in [0.3, 0.4) is 0 Å². The van der Waals surface area contributed by atoms with Crippen molar-refractivity contribution in [3.05, 3.63) is 12.2 Å². The van der Waals surface area contributed by atoms with Crippen LogP contribution >= 0.6 is 0 Å². The Kier molecular flexibility index (Phi) is 9.71. The number of allylic oxidation sites excluding steroid dienone is 2. The molecule has 0 spiro atoms. The van der Waals surface area contributed by atoms with E-state index in [-0.39, 0.29) is 0 Å². The first kappa shape index (κ1) is 15.7. The van der Waals surface area contributed by atoms with E-state index in [4.69, 9.17) is 5.73 Å². The average molecular weight is 225 g/mol. The molecule has 96 valence electrons. The van der Waals surface area contributed by atoms with E-state index >= 15 is 0 Å². The van der Waals surface area contributed by atoms with E-state index in [0.29, 0.717) is 6.04 Å². The van der Waals surface area contributed by atoms with E-state index in [1.165, 1.54) is 25.7 Å². The van der Waals surface area contributed by atoms with Crippen molar-refractivity contribution in [2.24, 2.45) is 17.6 Å². The fourth-order valence-electron chi connectivity index (χ4n) is 1.82. The van der Waals surface area contributed by atoms with Crippen LogP contribution in [0.15, 0.2) is 12.2 Å². The Morgan fingerprint density at radius 1 is 1.00 bits per heavy atom. The molecule has 0 aliphatic carbocycles. The molecule has 0 aromatic heterocycles. The highest BCUT2D eigenvalue weighted by atomic mass is 14.6. The van der Waals surface area contributed by atoms with Crippen LogP contribution in [-0.4, -0.2) is 6.04 Å². The van der Waals surface area contributed by atoms with Gasteiger partial charge in [0.15, 0.2) is 0 Å². The Morgan fingerprint density at radius 2 is 1.69 bits per heavy atom. The minimum Gasteiger partial charge on any atom is -0.328 e. The normalized spacial score (nSPS) is 15.9. The Labute approximate surface area is 102 Å². The minimum absolute atomic E-state index is 0.340. The van der Waals surface area contributed by atoms with Crippen LogP contribution in [0.25, 0.3) is 0 Å². The van der Waals surface area contributed by atoms with Gasteiger partial charge in [0.25, 0.3) is 0 Å². The van der Waals surface area contributed by atoms with Crippen LogP contribution in [0, 0.1) is 11.8 Å². The van der Waals surface area contributed by atoms with E-state index in [9.17, 15) is 0 Å². The molecule has 0 fully saturated rings. The van der Waals surface area contributed by atoms with Crippen molar-refractivity contribution < 1.29 is 0 Å². The van der Waals surface area contributed by atoms with Crippen molar-refractivity contribution in [3.8, 4) is 0 Å². The van der Waals surface area contributed by atoms with Gasteiger partial charge in [0.05, 0.1) is 0 Å². The van der Waals surface area contributed by atoms with Crippen molar-refractivity contribution in [1.29, 1.82) is 0 Å². The third-order valence-electron chi connectivity index (χ3n) is 3.15. The molecule has 0 aromatic rings. The molecule has 0 aromatic carbocycles. The summed E-state index contributed by atoms with van der Waals surface area (Å²) < 4.78 is 0. The van der Waals surface area contributed by atoms with Crippen LogP contribution in [0.1, 0.15) is 66.2 Å². The van der Waals surface area contributed by atoms with E-state index in [1.807, 2.05) is 0 Å². The molecule has 1 nitrogen and oxygen atoms in total. The van der Waals surface area contributed by atoms with Gasteiger partial charge in [0, 0.05) is 6.04 Å². The molecule has 0 bridgehead atoms. The monoisotopic (exact) mass is 225 g/mol. The van der Waals surface area contributed by atoms with Gasteiger partial charge in [-0.1, -0.05) is 45.8 Å². The summed E-state index contributed by atoms with van der Waals surface area (Å²) in [5, 5.41) is 0. The molecule has 0 rings (SSSR count). The summed E-state index contributed by atoms with van der Waals surface area (Å²) in [5.41, 5.74) is 5.71. The predicted molar refractivity (Wildman–Crippen MR) is 74.5 cm³/mol. The first-order chi connectivity index (χ1) is 7.56. The molecule has 2 atom stereocenters. The smallest absolute Gasteiger partial charge is 0.00134 e. The average Bonchev–Trinajstić information content (AvgIpc) is 2.21. The third-order valence-corrected chi connectivity index (χ3v) is 3.15. The molecule has 0 aliphatic rings. The maximum Gasteiger partial charge on any atom is 0.00134 e. The Morgan fingerprint density at radius 3 is 2.19 bits per heavy atom. The van der Waals surface area contributed by atoms with Crippen molar-refractivity contribution >= 4 is 0 Å². The lowest BCUT2D eigenvalue weighted by Crippen LogP contribution is -2.13. The summed E-state index contributed by atoms with van der Waals surface area (Å²) >= 11 is 0. The van der Waals surface area contributed by atoms with Gasteiger partial charge >= 0.3 is 0 Å². The van der Waals surface area contributed by atoms with Crippen LogP contribution in [-0.2, 0) is 0 Å². The maximum absolute atomic E-state index is 5.71.